The van der Waals surface area contributed by atoms with E-state index >= 15 is 0 Å². The van der Waals surface area contributed by atoms with Crippen LogP contribution in [0.1, 0.15) is 13.3 Å². The maximum atomic E-state index is 9.20. The second-order valence-corrected chi connectivity index (χ2v) is 2.62. The Labute approximate surface area is 71.3 Å². The Morgan fingerprint density at radius 2 is 1.92 bits per heavy atom. The molecule has 0 bridgehead atoms. The summed E-state index contributed by atoms with van der Waals surface area (Å²) in [6, 6.07) is 0. The van der Waals surface area contributed by atoms with Gasteiger partial charge in [0.05, 0.1) is 6.10 Å². The Morgan fingerprint density at radius 3 is 2.25 bits per heavy atom. The molecule has 0 heterocycles. The molecule has 0 aliphatic carbocycles. The van der Waals surface area contributed by atoms with Gasteiger partial charge in [0.25, 0.3) is 0 Å². The summed E-state index contributed by atoms with van der Waals surface area (Å²) in [5.41, 5.74) is 5.06. The standard InChI is InChI=1S/C7H16N2O3/c1-2-4(9)6(11)7(12)5(10)3-8/h5-7,9-12H,2-3,8H2,1H3. The van der Waals surface area contributed by atoms with E-state index in [0.717, 1.165) is 0 Å². The highest BCUT2D eigenvalue weighted by Gasteiger charge is 2.25. The summed E-state index contributed by atoms with van der Waals surface area (Å²) < 4.78 is 0. The summed E-state index contributed by atoms with van der Waals surface area (Å²) >= 11 is 0. The SMILES string of the molecule is CCC(=N)C(O)C(O)C(O)CN. The highest BCUT2D eigenvalue weighted by atomic mass is 16.4. The first-order chi connectivity index (χ1) is 5.54. The monoisotopic (exact) mass is 176 g/mol. The molecule has 0 aromatic rings. The van der Waals surface area contributed by atoms with Crippen LogP contribution in [0.2, 0.25) is 0 Å². The molecular formula is C7H16N2O3. The van der Waals surface area contributed by atoms with Crippen LogP contribution in [0.25, 0.3) is 0 Å². The van der Waals surface area contributed by atoms with Crippen molar-refractivity contribution in [2.24, 2.45) is 5.73 Å². The van der Waals surface area contributed by atoms with Crippen molar-refractivity contribution in [3.8, 4) is 0 Å². The van der Waals surface area contributed by atoms with Crippen molar-refractivity contribution >= 4 is 5.71 Å². The van der Waals surface area contributed by atoms with E-state index in [1.807, 2.05) is 0 Å². The van der Waals surface area contributed by atoms with Gasteiger partial charge in [-0.25, -0.2) is 0 Å². The predicted molar refractivity (Wildman–Crippen MR) is 45.1 cm³/mol. The lowest BCUT2D eigenvalue weighted by molar-refractivity contribution is -0.0305. The third-order valence-corrected chi connectivity index (χ3v) is 1.70. The van der Waals surface area contributed by atoms with E-state index in [0.29, 0.717) is 6.42 Å². The molecule has 5 nitrogen and oxygen atoms in total. The minimum atomic E-state index is -1.36. The highest BCUT2D eigenvalue weighted by Crippen LogP contribution is 2.02. The van der Waals surface area contributed by atoms with Crippen molar-refractivity contribution < 1.29 is 15.3 Å². The first kappa shape index (κ1) is 11.5. The molecule has 5 heteroatoms. The number of rotatable bonds is 5. The van der Waals surface area contributed by atoms with Gasteiger partial charge < -0.3 is 26.5 Å². The average Bonchev–Trinajstić information content (AvgIpc) is 2.12. The topological polar surface area (TPSA) is 111 Å². The largest absolute Gasteiger partial charge is 0.389 e. The van der Waals surface area contributed by atoms with Gasteiger partial charge in [0.2, 0.25) is 0 Å². The molecule has 0 aromatic heterocycles. The van der Waals surface area contributed by atoms with Crippen molar-refractivity contribution in [2.45, 2.75) is 31.7 Å². The number of aliphatic hydroxyl groups is 3. The van der Waals surface area contributed by atoms with Crippen LogP contribution in [-0.2, 0) is 0 Å². The van der Waals surface area contributed by atoms with Crippen LogP contribution < -0.4 is 5.73 Å². The van der Waals surface area contributed by atoms with E-state index in [1.165, 1.54) is 0 Å². The van der Waals surface area contributed by atoms with Crippen molar-refractivity contribution in [3.63, 3.8) is 0 Å². The predicted octanol–water partition coefficient (Wildman–Crippen LogP) is -1.54. The zero-order valence-corrected chi connectivity index (χ0v) is 7.07. The molecule has 72 valence electrons. The zero-order chi connectivity index (χ0) is 9.72. The molecule has 0 saturated heterocycles. The number of aliphatic hydroxyl groups excluding tert-OH is 3. The third kappa shape index (κ3) is 2.86. The van der Waals surface area contributed by atoms with Crippen LogP contribution in [0.5, 0.6) is 0 Å². The number of nitrogens with two attached hydrogens (primary N) is 1. The highest BCUT2D eigenvalue weighted by molar-refractivity contribution is 5.85. The van der Waals surface area contributed by atoms with E-state index in [9.17, 15) is 5.11 Å². The van der Waals surface area contributed by atoms with Gasteiger partial charge in [-0.05, 0) is 6.42 Å². The fourth-order valence-corrected chi connectivity index (χ4v) is 0.765. The van der Waals surface area contributed by atoms with Gasteiger partial charge in [-0.15, -0.1) is 0 Å². The molecule has 0 saturated carbocycles. The van der Waals surface area contributed by atoms with Crippen LogP contribution in [-0.4, -0.2) is 45.9 Å². The lowest BCUT2D eigenvalue weighted by atomic mass is 10.0. The van der Waals surface area contributed by atoms with E-state index in [2.05, 4.69) is 0 Å². The van der Waals surface area contributed by atoms with Crippen molar-refractivity contribution in [1.29, 1.82) is 5.41 Å². The van der Waals surface area contributed by atoms with Gasteiger partial charge in [-0.2, -0.15) is 0 Å². The fraction of sp³-hybridized carbons (Fsp3) is 0.857. The average molecular weight is 176 g/mol. The summed E-state index contributed by atoms with van der Waals surface area (Å²) in [7, 11) is 0. The van der Waals surface area contributed by atoms with Gasteiger partial charge in [0.1, 0.15) is 12.2 Å². The molecule has 3 unspecified atom stereocenters. The Morgan fingerprint density at radius 1 is 1.42 bits per heavy atom. The molecule has 12 heavy (non-hydrogen) atoms. The molecule has 0 fully saturated rings. The summed E-state index contributed by atoms with van der Waals surface area (Å²) in [6.07, 6.45) is -3.50. The van der Waals surface area contributed by atoms with Crippen molar-refractivity contribution in [2.75, 3.05) is 6.54 Å². The van der Waals surface area contributed by atoms with E-state index in [1.54, 1.807) is 6.92 Å². The smallest absolute Gasteiger partial charge is 0.120 e. The van der Waals surface area contributed by atoms with Gasteiger partial charge >= 0.3 is 0 Å². The molecule has 0 radical (unpaired) electrons. The second-order valence-electron chi connectivity index (χ2n) is 2.62. The minimum Gasteiger partial charge on any atom is -0.389 e. The Balaban J connectivity index is 4.08. The van der Waals surface area contributed by atoms with Gasteiger partial charge in [0.15, 0.2) is 0 Å². The van der Waals surface area contributed by atoms with E-state index in [-0.39, 0.29) is 12.3 Å². The van der Waals surface area contributed by atoms with Crippen LogP contribution in [0.3, 0.4) is 0 Å². The number of hydrogen-bond acceptors (Lipinski definition) is 5. The van der Waals surface area contributed by atoms with Crippen LogP contribution in [0, 0.1) is 5.41 Å². The van der Waals surface area contributed by atoms with Gasteiger partial charge in [0, 0.05) is 12.3 Å². The van der Waals surface area contributed by atoms with E-state index < -0.39 is 18.3 Å². The lowest BCUT2D eigenvalue weighted by Crippen LogP contribution is -2.45. The fourth-order valence-electron chi connectivity index (χ4n) is 0.765. The van der Waals surface area contributed by atoms with Gasteiger partial charge in [-0.3, -0.25) is 0 Å². The molecular weight excluding hydrogens is 160 g/mol. The van der Waals surface area contributed by atoms with Gasteiger partial charge in [-0.1, -0.05) is 6.92 Å². The minimum absolute atomic E-state index is 0.00463. The molecule has 0 aromatic carbocycles. The summed E-state index contributed by atoms with van der Waals surface area (Å²) in [4.78, 5) is 0. The Bertz CT molecular complexity index is 152. The van der Waals surface area contributed by atoms with Crippen molar-refractivity contribution in [3.05, 3.63) is 0 Å². The van der Waals surface area contributed by atoms with Crippen LogP contribution in [0.4, 0.5) is 0 Å². The molecule has 0 aliphatic rings. The van der Waals surface area contributed by atoms with Crippen LogP contribution >= 0.6 is 0 Å². The summed E-state index contributed by atoms with van der Waals surface area (Å²) in [5, 5.41) is 34.6. The first-order valence-electron chi connectivity index (χ1n) is 3.86. The quantitative estimate of drug-likeness (QED) is 0.327. The molecule has 6 N–H and O–H groups in total. The Hall–Kier alpha value is -0.490. The summed E-state index contributed by atoms with van der Waals surface area (Å²) in [6.45, 7) is 1.56. The Kier molecular flexibility index (Phi) is 5.00. The molecule has 0 rings (SSSR count). The van der Waals surface area contributed by atoms with Crippen molar-refractivity contribution in [1.82, 2.24) is 0 Å². The second kappa shape index (κ2) is 5.21. The molecule has 3 atom stereocenters. The molecule has 0 aliphatic heterocycles. The number of nitrogens with one attached hydrogen (secondary N) is 1. The van der Waals surface area contributed by atoms with Crippen LogP contribution in [0.15, 0.2) is 0 Å². The number of hydrogen-bond donors (Lipinski definition) is 5. The maximum absolute atomic E-state index is 9.20. The van der Waals surface area contributed by atoms with E-state index in [4.69, 9.17) is 21.4 Å². The lowest BCUT2D eigenvalue weighted by Gasteiger charge is -2.21. The molecule has 0 amide bonds. The zero-order valence-electron chi connectivity index (χ0n) is 7.07. The first-order valence-corrected chi connectivity index (χ1v) is 3.86. The maximum Gasteiger partial charge on any atom is 0.120 e. The normalized spacial score (nSPS) is 18.4. The summed E-state index contributed by atoms with van der Waals surface area (Å²) in [5.74, 6) is 0. The molecule has 0 spiro atoms. The third-order valence-electron chi connectivity index (χ3n) is 1.70.